The number of ether oxygens (including phenoxy) is 2. The monoisotopic (exact) mass is 411 g/mol. The van der Waals surface area contributed by atoms with Crippen LogP contribution in [0, 0.1) is 0 Å². The van der Waals surface area contributed by atoms with Gasteiger partial charge in [-0.3, -0.25) is 4.79 Å². The van der Waals surface area contributed by atoms with Gasteiger partial charge < -0.3 is 14.4 Å². The number of benzene rings is 2. The van der Waals surface area contributed by atoms with Crippen LogP contribution in [-0.4, -0.2) is 37.4 Å². The maximum Gasteiger partial charge on any atom is 0.416 e. The van der Waals surface area contributed by atoms with Gasteiger partial charge in [0, 0.05) is 4.90 Å². The zero-order valence-corrected chi connectivity index (χ0v) is 15.5. The Kier molecular flexibility index (Phi) is 5.83. The maximum absolute atomic E-state index is 12.8. The summed E-state index contributed by atoms with van der Waals surface area (Å²) >= 11 is 0.994. The second-order valence-electron chi connectivity index (χ2n) is 5.92. The number of carbonyl (C=O) groups excluding carboxylic acids is 2. The first kappa shape index (κ1) is 20.1. The molecule has 1 atom stereocenters. The van der Waals surface area contributed by atoms with Gasteiger partial charge in [0.25, 0.3) is 0 Å². The molecule has 1 amide bonds. The minimum Gasteiger partial charge on any atom is -0.475 e. The number of hydrogen-bond donors (Lipinski definition) is 0. The molecular formula is C19H16F3NO4S. The van der Waals surface area contributed by atoms with Crippen molar-refractivity contribution < 1.29 is 32.2 Å². The van der Waals surface area contributed by atoms with Crippen LogP contribution >= 0.6 is 11.8 Å². The summed E-state index contributed by atoms with van der Waals surface area (Å²) in [6.45, 7) is -0.0360. The molecule has 0 N–H and O–H groups in total. The zero-order valence-electron chi connectivity index (χ0n) is 14.7. The second-order valence-corrected chi connectivity index (χ2v) is 6.96. The fourth-order valence-corrected chi connectivity index (χ4v) is 3.54. The van der Waals surface area contributed by atoms with Crippen molar-refractivity contribution in [2.75, 3.05) is 24.3 Å². The van der Waals surface area contributed by atoms with E-state index in [2.05, 4.69) is 0 Å². The Hall–Kier alpha value is -2.68. The molecular weight excluding hydrogens is 395 g/mol. The lowest BCUT2D eigenvalue weighted by atomic mass is 10.2. The van der Waals surface area contributed by atoms with E-state index in [4.69, 9.17) is 9.47 Å². The van der Waals surface area contributed by atoms with Gasteiger partial charge in [-0.05, 0) is 30.3 Å². The molecule has 0 radical (unpaired) electrons. The number of amides is 1. The lowest BCUT2D eigenvalue weighted by Gasteiger charge is -2.33. The summed E-state index contributed by atoms with van der Waals surface area (Å²) in [5, 5.41) is 0. The second kappa shape index (κ2) is 8.14. The number of hydrogen-bond acceptors (Lipinski definition) is 5. The van der Waals surface area contributed by atoms with E-state index in [0.29, 0.717) is 16.3 Å². The van der Waals surface area contributed by atoms with Gasteiger partial charge in [0.15, 0.2) is 0 Å². The molecule has 0 fully saturated rings. The summed E-state index contributed by atoms with van der Waals surface area (Å²) in [5.41, 5.74) is -0.273. The van der Waals surface area contributed by atoms with E-state index in [1.165, 1.54) is 24.1 Å². The predicted molar refractivity (Wildman–Crippen MR) is 97.4 cm³/mol. The highest BCUT2D eigenvalue weighted by Gasteiger charge is 2.34. The minimum atomic E-state index is -4.45. The fraction of sp³-hybridized carbons (Fsp3) is 0.263. The number of methoxy groups -OCH3 is 1. The van der Waals surface area contributed by atoms with E-state index in [1.807, 2.05) is 0 Å². The predicted octanol–water partition coefficient (Wildman–Crippen LogP) is 3.76. The van der Waals surface area contributed by atoms with E-state index < -0.39 is 23.8 Å². The van der Waals surface area contributed by atoms with E-state index in [9.17, 15) is 22.8 Å². The van der Waals surface area contributed by atoms with Gasteiger partial charge in [-0.1, -0.05) is 18.2 Å². The molecule has 0 unspecified atom stereocenters. The fourth-order valence-electron chi connectivity index (χ4n) is 2.71. The van der Waals surface area contributed by atoms with Crippen LogP contribution in [0.25, 0.3) is 0 Å². The van der Waals surface area contributed by atoms with E-state index >= 15 is 0 Å². The number of rotatable bonds is 4. The molecule has 28 heavy (non-hydrogen) atoms. The van der Waals surface area contributed by atoms with Gasteiger partial charge in [-0.2, -0.15) is 13.2 Å². The largest absolute Gasteiger partial charge is 0.475 e. The molecule has 0 aliphatic carbocycles. The number of anilines is 1. The minimum absolute atomic E-state index is 0.0360. The number of nitrogens with zero attached hydrogens (tertiary/aromatic N) is 1. The number of carbonyl (C=O) groups is 2. The third kappa shape index (κ3) is 4.41. The molecule has 0 saturated carbocycles. The summed E-state index contributed by atoms with van der Waals surface area (Å²) in [6, 6.07) is 11.5. The standard InChI is InChI=1S/C19H16F3NO4S/c1-26-18(25)16-10-23(14-7-2-3-8-15(14)27-16)17(24)11-28-13-6-4-5-12(9-13)19(20,21)22/h2-9,16H,10-11H2,1H3/t16-/m0/s1. The highest BCUT2D eigenvalue weighted by molar-refractivity contribution is 8.00. The van der Waals surface area contributed by atoms with Crippen LogP contribution in [0.2, 0.25) is 0 Å². The van der Waals surface area contributed by atoms with Crippen molar-refractivity contribution >= 4 is 29.3 Å². The SMILES string of the molecule is COC(=O)[C@@H]1CN(C(=O)CSc2cccc(C(F)(F)F)c2)c2ccccc2O1. The molecule has 0 saturated heterocycles. The summed E-state index contributed by atoms with van der Waals surface area (Å²) in [7, 11) is 1.22. The summed E-state index contributed by atoms with van der Waals surface area (Å²) in [6.07, 6.45) is -5.42. The molecule has 0 spiro atoms. The van der Waals surface area contributed by atoms with Crippen LogP contribution in [0.15, 0.2) is 53.4 Å². The molecule has 1 aliphatic rings. The molecule has 2 aromatic carbocycles. The van der Waals surface area contributed by atoms with Crippen LogP contribution < -0.4 is 9.64 Å². The Labute approximate surface area is 163 Å². The Morgan fingerprint density at radius 2 is 1.96 bits per heavy atom. The molecule has 2 aromatic rings. The Bertz CT molecular complexity index is 887. The molecule has 5 nitrogen and oxygen atoms in total. The Morgan fingerprint density at radius 3 is 2.68 bits per heavy atom. The number of halogens is 3. The van der Waals surface area contributed by atoms with Crippen LogP contribution in [0.4, 0.5) is 18.9 Å². The average Bonchev–Trinajstić information content (AvgIpc) is 2.70. The molecule has 0 bridgehead atoms. The van der Waals surface area contributed by atoms with Crippen molar-refractivity contribution in [2.24, 2.45) is 0 Å². The normalized spacial score (nSPS) is 16.1. The van der Waals surface area contributed by atoms with Crippen LogP contribution in [-0.2, 0) is 20.5 Å². The molecule has 3 rings (SSSR count). The van der Waals surface area contributed by atoms with Crippen LogP contribution in [0.5, 0.6) is 5.75 Å². The first-order valence-electron chi connectivity index (χ1n) is 8.23. The molecule has 1 heterocycles. The van der Waals surface area contributed by atoms with Gasteiger partial charge in [-0.15, -0.1) is 11.8 Å². The first-order valence-corrected chi connectivity index (χ1v) is 9.22. The number of esters is 1. The highest BCUT2D eigenvalue weighted by Crippen LogP contribution is 2.35. The topological polar surface area (TPSA) is 55.8 Å². The van der Waals surface area contributed by atoms with Crippen LogP contribution in [0.3, 0.4) is 0 Å². The third-order valence-corrected chi connectivity index (χ3v) is 5.04. The summed E-state index contributed by atoms with van der Waals surface area (Å²) in [4.78, 5) is 26.3. The summed E-state index contributed by atoms with van der Waals surface area (Å²) < 4.78 is 48.8. The van der Waals surface area contributed by atoms with Crippen molar-refractivity contribution in [2.45, 2.75) is 17.2 Å². The van der Waals surface area contributed by atoms with Crippen molar-refractivity contribution in [3.63, 3.8) is 0 Å². The van der Waals surface area contributed by atoms with Gasteiger partial charge in [0.05, 0.1) is 30.7 Å². The van der Waals surface area contributed by atoms with Crippen molar-refractivity contribution in [3.05, 3.63) is 54.1 Å². The lowest BCUT2D eigenvalue weighted by molar-refractivity contribution is -0.148. The van der Waals surface area contributed by atoms with Crippen molar-refractivity contribution in [1.82, 2.24) is 0 Å². The summed E-state index contributed by atoms with van der Waals surface area (Å²) in [5.74, 6) is -0.699. The number of thioether (sulfide) groups is 1. The maximum atomic E-state index is 12.8. The van der Waals surface area contributed by atoms with Gasteiger partial charge >= 0.3 is 12.1 Å². The molecule has 1 aliphatic heterocycles. The number of fused-ring (bicyclic) bond motifs is 1. The number of para-hydroxylation sites is 2. The molecule has 0 aromatic heterocycles. The lowest BCUT2D eigenvalue weighted by Crippen LogP contribution is -2.48. The zero-order chi connectivity index (χ0) is 20.3. The smallest absolute Gasteiger partial charge is 0.416 e. The molecule has 148 valence electrons. The molecule has 9 heteroatoms. The first-order chi connectivity index (χ1) is 13.3. The highest BCUT2D eigenvalue weighted by atomic mass is 32.2. The quantitative estimate of drug-likeness (QED) is 0.566. The Morgan fingerprint density at radius 1 is 1.21 bits per heavy atom. The van der Waals surface area contributed by atoms with Crippen LogP contribution in [0.1, 0.15) is 5.56 Å². The third-order valence-electron chi connectivity index (χ3n) is 4.06. The Balaban J connectivity index is 1.75. The van der Waals surface area contributed by atoms with Crippen molar-refractivity contribution in [1.29, 1.82) is 0 Å². The van der Waals surface area contributed by atoms with Gasteiger partial charge in [0.2, 0.25) is 12.0 Å². The van der Waals surface area contributed by atoms with Gasteiger partial charge in [-0.25, -0.2) is 4.79 Å². The van der Waals surface area contributed by atoms with E-state index in [-0.39, 0.29) is 18.2 Å². The number of alkyl halides is 3. The van der Waals surface area contributed by atoms with Gasteiger partial charge in [0.1, 0.15) is 5.75 Å². The van der Waals surface area contributed by atoms with E-state index in [1.54, 1.807) is 24.3 Å². The van der Waals surface area contributed by atoms with Crippen molar-refractivity contribution in [3.8, 4) is 5.75 Å². The van der Waals surface area contributed by atoms with E-state index in [0.717, 1.165) is 23.9 Å². The average molecular weight is 411 g/mol.